The molecular weight excluding hydrogens is 343 g/mol. The van der Waals surface area contributed by atoms with Crippen LogP contribution in [0, 0.1) is 11.6 Å². The van der Waals surface area contributed by atoms with Crippen molar-refractivity contribution in [1.82, 2.24) is 5.32 Å². The number of anilines is 2. The summed E-state index contributed by atoms with van der Waals surface area (Å²) in [6.07, 6.45) is -4.01. The number of rotatable bonds is 4. The third-order valence-corrected chi connectivity index (χ3v) is 4.21. The first-order valence-electron chi connectivity index (χ1n) is 7.62. The molecule has 3 rings (SSSR count). The molecule has 0 bridgehead atoms. The van der Waals surface area contributed by atoms with Crippen molar-refractivity contribution < 1.29 is 32.6 Å². The van der Waals surface area contributed by atoms with Crippen molar-refractivity contribution in [3.05, 3.63) is 23.8 Å². The second-order valence-corrected chi connectivity index (χ2v) is 6.03. The van der Waals surface area contributed by atoms with Crippen molar-refractivity contribution in [2.24, 2.45) is 0 Å². The lowest BCUT2D eigenvalue weighted by molar-refractivity contribution is 0.117. The molecule has 2 saturated heterocycles. The quantitative estimate of drug-likeness (QED) is 0.860. The molecule has 10 heteroatoms. The van der Waals surface area contributed by atoms with Crippen molar-refractivity contribution in [2.45, 2.75) is 25.2 Å². The van der Waals surface area contributed by atoms with Crippen LogP contribution in [0.1, 0.15) is 6.92 Å². The molecule has 0 radical (unpaired) electrons. The van der Waals surface area contributed by atoms with E-state index in [1.165, 1.54) is 11.8 Å². The summed E-state index contributed by atoms with van der Waals surface area (Å²) in [5, 5.41) is 10.9. The van der Waals surface area contributed by atoms with E-state index >= 15 is 0 Å². The molecule has 2 atom stereocenters. The number of carboxylic acid groups (broad SMARTS) is 1. The maximum absolute atomic E-state index is 14.2. The smallest absolute Gasteiger partial charge is 0.414 e. The van der Waals surface area contributed by atoms with Crippen molar-refractivity contribution in [3.63, 3.8) is 0 Å². The number of ether oxygens (including phenoxy) is 1. The molecule has 2 N–H and O–H groups in total. The average Bonchev–Trinajstić information content (AvgIpc) is 2.86. The van der Waals surface area contributed by atoms with Crippen molar-refractivity contribution in [3.8, 4) is 0 Å². The van der Waals surface area contributed by atoms with E-state index < -0.39 is 42.1 Å². The number of nitrogens with one attached hydrogen (secondary N) is 1. The minimum absolute atomic E-state index is 0.0499. The fraction of sp³-hybridized carbons (Fsp3) is 0.467. The number of cyclic esters (lactones) is 1. The predicted molar refractivity (Wildman–Crippen MR) is 81.7 cm³/mol. The topological polar surface area (TPSA) is 82.1 Å². The molecule has 0 saturated carbocycles. The second-order valence-electron chi connectivity index (χ2n) is 6.03. The lowest BCUT2D eigenvalue weighted by Gasteiger charge is -2.36. The summed E-state index contributed by atoms with van der Waals surface area (Å²) in [6.45, 7) is 1.28. The molecule has 2 aliphatic heterocycles. The number of benzene rings is 1. The van der Waals surface area contributed by atoms with Gasteiger partial charge in [0.25, 0.3) is 0 Å². The fourth-order valence-electron chi connectivity index (χ4n) is 2.86. The van der Waals surface area contributed by atoms with Gasteiger partial charge in [0.15, 0.2) is 11.6 Å². The molecule has 1 aromatic carbocycles. The van der Waals surface area contributed by atoms with Gasteiger partial charge in [-0.3, -0.25) is 4.90 Å². The summed E-state index contributed by atoms with van der Waals surface area (Å²) in [6, 6.07) is 1.26. The Morgan fingerprint density at radius 2 is 1.92 bits per heavy atom. The van der Waals surface area contributed by atoms with Gasteiger partial charge in [-0.1, -0.05) is 0 Å². The molecule has 0 aromatic heterocycles. The molecule has 2 fully saturated rings. The van der Waals surface area contributed by atoms with Gasteiger partial charge in [0.1, 0.15) is 18.0 Å². The minimum Gasteiger partial charge on any atom is -0.465 e. The van der Waals surface area contributed by atoms with Crippen molar-refractivity contribution in [1.29, 1.82) is 0 Å². The summed E-state index contributed by atoms with van der Waals surface area (Å²) < 4.78 is 46.4. The lowest BCUT2D eigenvalue weighted by atomic mass is 10.1. The highest BCUT2D eigenvalue weighted by molar-refractivity contribution is 5.90. The Hall–Kier alpha value is -2.65. The van der Waals surface area contributed by atoms with Gasteiger partial charge in [-0.15, -0.1) is 0 Å². The van der Waals surface area contributed by atoms with Crippen LogP contribution in [0.15, 0.2) is 12.1 Å². The van der Waals surface area contributed by atoms with Gasteiger partial charge in [-0.25, -0.2) is 22.8 Å². The standard InChI is InChI=1S/C15H16F3N3O4/c1-7(19-14(22)23)12-6-21(15(24)25-12)9-2-10(17)13(11(18)3-9)20-4-8(16)5-20/h2-3,7-8,12,19H,4-6H2,1H3,(H,22,23)/t7?,12-/m0/s1. The Kier molecular flexibility index (Phi) is 4.36. The van der Waals surface area contributed by atoms with Gasteiger partial charge in [0.2, 0.25) is 0 Å². The largest absolute Gasteiger partial charge is 0.465 e. The minimum atomic E-state index is -1.27. The van der Waals surface area contributed by atoms with Crippen molar-refractivity contribution in [2.75, 3.05) is 29.4 Å². The van der Waals surface area contributed by atoms with Gasteiger partial charge < -0.3 is 20.1 Å². The molecule has 0 spiro atoms. The number of alkyl halides is 1. The summed E-state index contributed by atoms with van der Waals surface area (Å²) >= 11 is 0. The number of amides is 2. The average molecular weight is 359 g/mol. The van der Waals surface area contributed by atoms with Gasteiger partial charge in [0.05, 0.1) is 31.4 Å². The highest BCUT2D eigenvalue weighted by atomic mass is 19.1. The van der Waals surface area contributed by atoms with Gasteiger partial charge >= 0.3 is 12.2 Å². The monoisotopic (exact) mass is 359 g/mol. The van der Waals surface area contributed by atoms with Crippen LogP contribution >= 0.6 is 0 Å². The molecule has 136 valence electrons. The fourth-order valence-corrected chi connectivity index (χ4v) is 2.86. The van der Waals surface area contributed by atoms with E-state index in [0.717, 1.165) is 17.0 Å². The molecule has 0 aliphatic carbocycles. The van der Waals surface area contributed by atoms with Crippen LogP contribution in [0.5, 0.6) is 0 Å². The first-order valence-corrected chi connectivity index (χ1v) is 7.62. The van der Waals surface area contributed by atoms with Crippen LogP contribution in [0.4, 0.5) is 34.1 Å². The number of nitrogens with zero attached hydrogens (tertiary/aromatic N) is 2. The third kappa shape index (κ3) is 3.28. The van der Waals surface area contributed by atoms with Crippen LogP contribution in [0.25, 0.3) is 0 Å². The molecule has 2 heterocycles. The first kappa shape index (κ1) is 17.2. The van der Waals surface area contributed by atoms with E-state index in [4.69, 9.17) is 9.84 Å². The molecule has 1 unspecified atom stereocenters. The Morgan fingerprint density at radius 3 is 2.44 bits per heavy atom. The van der Waals surface area contributed by atoms with Crippen molar-refractivity contribution >= 4 is 23.6 Å². The third-order valence-electron chi connectivity index (χ3n) is 4.21. The summed E-state index contributed by atoms with van der Waals surface area (Å²) in [7, 11) is 0. The number of carbonyl (C=O) groups is 2. The second kappa shape index (κ2) is 6.34. The van der Waals surface area contributed by atoms with E-state index in [9.17, 15) is 22.8 Å². The zero-order valence-corrected chi connectivity index (χ0v) is 13.2. The predicted octanol–water partition coefficient (Wildman–Crippen LogP) is 2.10. The van der Waals surface area contributed by atoms with Gasteiger partial charge in [-0.2, -0.15) is 0 Å². The Balaban J connectivity index is 1.78. The highest BCUT2D eigenvalue weighted by Crippen LogP contribution is 2.33. The Labute approximate surface area is 141 Å². The maximum Gasteiger partial charge on any atom is 0.414 e. The van der Waals surface area contributed by atoms with Crippen LogP contribution in [-0.4, -0.2) is 55.2 Å². The Morgan fingerprint density at radius 1 is 1.32 bits per heavy atom. The van der Waals surface area contributed by atoms with Gasteiger partial charge in [0, 0.05) is 12.1 Å². The van der Waals surface area contributed by atoms with E-state index in [1.54, 1.807) is 0 Å². The van der Waals surface area contributed by atoms with Crippen LogP contribution in [-0.2, 0) is 4.74 Å². The number of hydrogen-bond acceptors (Lipinski definition) is 4. The Bertz CT molecular complexity index is 688. The number of carbonyl (C=O) groups excluding carboxylic acids is 1. The molecule has 7 nitrogen and oxygen atoms in total. The van der Waals surface area contributed by atoms with E-state index in [0.29, 0.717) is 0 Å². The zero-order chi connectivity index (χ0) is 18.3. The SMILES string of the molecule is CC(NC(=O)O)[C@@H]1CN(c2cc(F)c(N3CC(F)C3)c(F)c2)C(=O)O1. The van der Waals surface area contributed by atoms with E-state index in [1.807, 2.05) is 0 Å². The summed E-state index contributed by atoms with van der Waals surface area (Å²) in [5.74, 6) is -1.82. The van der Waals surface area contributed by atoms with E-state index in [-0.39, 0.29) is 31.0 Å². The summed E-state index contributed by atoms with van der Waals surface area (Å²) in [4.78, 5) is 24.9. The van der Waals surface area contributed by atoms with Gasteiger partial charge in [-0.05, 0) is 6.92 Å². The molecule has 1 aromatic rings. The lowest BCUT2D eigenvalue weighted by Crippen LogP contribution is -2.49. The maximum atomic E-state index is 14.2. The highest BCUT2D eigenvalue weighted by Gasteiger charge is 2.38. The zero-order valence-electron chi connectivity index (χ0n) is 13.2. The number of halogens is 3. The normalized spacial score (nSPS) is 21.8. The summed E-state index contributed by atoms with van der Waals surface area (Å²) in [5.41, 5.74) is -0.381. The van der Waals surface area contributed by atoms with Crippen LogP contribution < -0.4 is 15.1 Å². The molecule has 2 amide bonds. The molecule has 25 heavy (non-hydrogen) atoms. The molecule has 2 aliphatic rings. The van der Waals surface area contributed by atoms with E-state index in [2.05, 4.69) is 5.32 Å². The molecular formula is C15H16F3N3O4. The first-order chi connectivity index (χ1) is 11.8. The van der Waals surface area contributed by atoms with Crippen LogP contribution in [0.3, 0.4) is 0 Å². The van der Waals surface area contributed by atoms with Crippen LogP contribution in [0.2, 0.25) is 0 Å². The number of hydrogen-bond donors (Lipinski definition) is 2.